The maximum absolute atomic E-state index is 12.0. The van der Waals surface area contributed by atoms with Crippen LogP contribution in [0.15, 0.2) is 29.4 Å². The van der Waals surface area contributed by atoms with Crippen LogP contribution < -0.4 is 4.74 Å². The van der Waals surface area contributed by atoms with Gasteiger partial charge in [-0.2, -0.15) is 5.10 Å². The number of hydrogen-bond acceptors (Lipinski definition) is 4. The van der Waals surface area contributed by atoms with Crippen LogP contribution in [0.1, 0.15) is 37.8 Å². The highest BCUT2D eigenvalue weighted by atomic mass is 35.5. The molecule has 1 saturated carbocycles. The van der Waals surface area contributed by atoms with Crippen LogP contribution in [0.2, 0.25) is 5.15 Å². The lowest BCUT2D eigenvalue weighted by atomic mass is 10.00. The van der Waals surface area contributed by atoms with E-state index in [1.807, 2.05) is 24.3 Å². The number of nitrogens with zero attached hydrogens (tertiary/aromatic N) is 3. The highest BCUT2D eigenvalue weighted by Gasteiger charge is 2.39. The van der Waals surface area contributed by atoms with Crippen molar-refractivity contribution in [3.63, 3.8) is 0 Å². The molecule has 6 heteroatoms. The lowest BCUT2D eigenvalue weighted by Gasteiger charge is -2.21. The van der Waals surface area contributed by atoms with Crippen molar-refractivity contribution < 1.29 is 9.53 Å². The van der Waals surface area contributed by atoms with E-state index in [1.54, 1.807) is 19.0 Å². The fourth-order valence-electron chi connectivity index (χ4n) is 3.23. The first-order valence-corrected chi connectivity index (χ1v) is 8.46. The molecule has 0 radical (unpaired) electrons. The van der Waals surface area contributed by atoms with E-state index in [2.05, 4.69) is 10.1 Å². The molecule has 0 saturated heterocycles. The van der Waals surface area contributed by atoms with E-state index >= 15 is 0 Å². The average Bonchev–Trinajstić information content (AvgIpc) is 3.32. The smallest absolute Gasteiger partial charge is 0.240 e. The normalized spacial score (nSPS) is 20.4. The fraction of sp³-hybridized carbons (Fsp3) is 0.389. The number of hydrogen-bond donors (Lipinski definition) is 0. The summed E-state index contributed by atoms with van der Waals surface area (Å²) in [6.07, 6.45) is 3.08. The van der Waals surface area contributed by atoms with Gasteiger partial charge in [0.15, 0.2) is 0 Å². The number of ether oxygens (including phenoxy) is 1. The quantitative estimate of drug-likeness (QED) is 0.793. The van der Waals surface area contributed by atoms with Crippen molar-refractivity contribution >= 4 is 34.1 Å². The zero-order chi connectivity index (χ0) is 16.8. The number of hydrazone groups is 1. The summed E-state index contributed by atoms with van der Waals surface area (Å²) in [7, 11) is 1.62. The highest BCUT2D eigenvalue weighted by molar-refractivity contribution is 6.30. The summed E-state index contributed by atoms with van der Waals surface area (Å²) in [5, 5.41) is 7.50. The summed E-state index contributed by atoms with van der Waals surface area (Å²) < 4.78 is 5.23. The van der Waals surface area contributed by atoms with Crippen LogP contribution in [-0.2, 0) is 4.79 Å². The molecule has 0 N–H and O–H groups in total. The van der Waals surface area contributed by atoms with E-state index in [9.17, 15) is 4.79 Å². The van der Waals surface area contributed by atoms with Gasteiger partial charge >= 0.3 is 0 Å². The van der Waals surface area contributed by atoms with Gasteiger partial charge in [0.2, 0.25) is 5.91 Å². The lowest BCUT2D eigenvalue weighted by Crippen LogP contribution is -2.24. The summed E-state index contributed by atoms with van der Waals surface area (Å²) in [4.78, 5) is 16.5. The van der Waals surface area contributed by atoms with E-state index in [0.717, 1.165) is 34.3 Å². The van der Waals surface area contributed by atoms with Crippen molar-refractivity contribution in [1.82, 2.24) is 9.99 Å². The second-order valence-electron chi connectivity index (χ2n) is 6.38. The Morgan fingerprint density at radius 1 is 1.33 bits per heavy atom. The molecule has 0 unspecified atom stereocenters. The molecule has 1 aromatic heterocycles. The van der Waals surface area contributed by atoms with E-state index in [4.69, 9.17) is 16.3 Å². The van der Waals surface area contributed by atoms with Crippen molar-refractivity contribution in [2.45, 2.75) is 32.2 Å². The Morgan fingerprint density at radius 3 is 2.79 bits per heavy atom. The third-order valence-corrected chi connectivity index (χ3v) is 4.97. The van der Waals surface area contributed by atoms with Gasteiger partial charge in [-0.1, -0.05) is 11.6 Å². The molecule has 2 heterocycles. The van der Waals surface area contributed by atoms with Crippen molar-refractivity contribution in [3.8, 4) is 5.75 Å². The fourth-order valence-corrected chi connectivity index (χ4v) is 3.50. The zero-order valence-corrected chi connectivity index (χ0v) is 14.4. The molecule has 1 fully saturated rings. The summed E-state index contributed by atoms with van der Waals surface area (Å²) in [5.74, 6) is 1.21. The first kappa shape index (κ1) is 15.4. The number of halogens is 1. The summed E-state index contributed by atoms with van der Waals surface area (Å²) in [6.45, 7) is 1.54. The Morgan fingerprint density at radius 2 is 2.12 bits per heavy atom. The van der Waals surface area contributed by atoms with E-state index < -0.39 is 0 Å². The molecule has 0 spiro atoms. The van der Waals surface area contributed by atoms with E-state index in [1.165, 1.54) is 12.8 Å². The van der Waals surface area contributed by atoms with Gasteiger partial charge in [-0.3, -0.25) is 4.79 Å². The third kappa shape index (κ3) is 2.63. The van der Waals surface area contributed by atoms with E-state index in [0.29, 0.717) is 11.1 Å². The largest absolute Gasteiger partial charge is 0.497 e. The predicted octanol–water partition coefficient (Wildman–Crippen LogP) is 3.96. The Hall–Kier alpha value is -2.14. The van der Waals surface area contributed by atoms with Crippen molar-refractivity contribution in [3.05, 3.63) is 35.0 Å². The SMILES string of the molecule is COc1ccc2cc([C@H]3CC(C4CC4)=NN3C(C)=O)c(Cl)nc2c1. The zero-order valence-electron chi connectivity index (χ0n) is 13.6. The minimum atomic E-state index is -0.162. The Balaban J connectivity index is 1.75. The number of pyridine rings is 1. The standard InChI is InChI=1S/C18H18ClN3O2/c1-10(23)22-17(9-16(21-22)11-3-4-11)14-7-12-5-6-13(24-2)8-15(12)20-18(14)19/h5-8,11,17H,3-4,9H2,1-2H3/t17-/m1/s1. The van der Waals surface area contributed by atoms with Crippen LogP contribution >= 0.6 is 11.6 Å². The Labute approximate surface area is 145 Å². The number of aromatic nitrogens is 1. The van der Waals surface area contributed by atoms with Gasteiger partial charge < -0.3 is 4.74 Å². The van der Waals surface area contributed by atoms with Gasteiger partial charge in [-0.05, 0) is 37.0 Å². The number of benzene rings is 1. The molecule has 1 aliphatic heterocycles. The molecule has 5 nitrogen and oxygen atoms in total. The minimum Gasteiger partial charge on any atom is -0.497 e. The van der Waals surface area contributed by atoms with Crippen LogP contribution in [0.5, 0.6) is 5.75 Å². The molecular formula is C18H18ClN3O2. The first-order valence-electron chi connectivity index (χ1n) is 8.08. The molecule has 2 aliphatic rings. The maximum atomic E-state index is 12.0. The van der Waals surface area contributed by atoms with Crippen LogP contribution in [0.25, 0.3) is 10.9 Å². The number of methoxy groups -OCH3 is 1. The first-order chi connectivity index (χ1) is 11.6. The number of carbonyl (C=O) groups excluding carboxylic acids is 1. The Bertz CT molecular complexity index is 861. The predicted molar refractivity (Wildman–Crippen MR) is 93.3 cm³/mol. The van der Waals surface area contributed by atoms with Crippen molar-refractivity contribution in [2.24, 2.45) is 11.0 Å². The monoisotopic (exact) mass is 343 g/mol. The molecule has 0 bridgehead atoms. The summed E-state index contributed by atoms with van der Waals surface area (Å²) in [6, 6.07) is 7.55. The van der Waals surface area contributed by atoms with Crippen LogP contribution in [0.4, 0.5) is 0 Å². The third-order valence-electron chi connectivity index (χ3n) is 4.67. The van der Waals surface area contributed by atoms with Gasteiger partial charge in [0.1, 0.15) is 10.9 Å². The van der Waals surface area contributed by atoms with Gasteiger partial charge in [0.25, 0.3) is 0 Å². The molecular weight excluding hydrogens is 326 g/mol. The molecule has 1 atom stereocenters. The lowest BCUT2D eigenvalue weighted by molar-refractivity contribution is -0.130. The maximum Gasteiger partial charge on any atom is 0.240 e. The number of fused-ring (bicyclic) bond motifs is 1. The average molecular weight is 344 g/mol. The van der Waals surface area contributed by atoms with Crippen molar-refractivity contribution in [1.29, 1.82) is 0 Å². The topological polar surface area (TPSA) is 54.8 Å². The van der Waals surface area contributed by atoms with Gasteiger partial charge in [-0.25, -0.2) is 9.99 Å². The Kier molecular flexibility index (Phi) is 3.68. The number of carbonyl (C=O) groups is 1. The number of amides is 1. The molecule has 4 rings (SSSR count). The number of rotatable bonds is 3. The summed E-state index contributed by atoms with van der Waals surface area (Å²) >= 11 is 6.45. The van der Waals surface area contributed by atoms with Crippen LogP contribution in [0, 0.1) is 5.92 Å². The van der Waals surface area contributed by atoms with Gasteiger partial charge in [0, 0.05) is 36.1 Å². The second kappa shape index (κ2) is 5.74. The van der Waals surface area contributed by atoms with Gasteiger partial charge in [0.05, 0.1) is 18.7 Å². The molecule has 1 aromatic carbocycles. The van der Waals surface area contributed by atoms with Crippen LogP contribution in [-0.4, -0.2) is 28.7 Å². The van der Waals surface area contributed by atoms with Crippen LogP contribution in [0.3, 0.4) is 0 Å². The van der Waals surface area contributed by atoms with Gasteiger partial charge in [-0.15, -0.1) is 0 Å². The summed E-state index contributed by atoms with van der Waals surface area (Å²) in [5.41, 5.74) is 2.74. The molecule has 24 heavy (non-hydrogen) atoms. The molecule has 1 amide bonds. The highest BCUT2D eigenvalue weighted by Crippen LogP contribution is 2.42. The minimum absolute atomic E-state index is 0.0680. The van der Waals surface area contributed by atoms with E-state index in [-0.39, 0.29) is 11.9 Å². The molecule has 2 aromatic rings. The molecule has 1 aliphatic carbocycles. The van der Waals surface area contributed by atoms with Crippen molar-refractivity contribution in [2.75, 3.05) is 7.11 Å². The second-order valence-corrected chi connectivity index (χ2v) is 6.73. The molecule has 124 valence electrons.